The fraction of sp³-hybridized carbons (Fsp3) is 0.235. The van der Waals surface area contributed by atoms with E-state index in [2.05, 4.69) is 5.16 Å². The number of halogens is 1. The van der Waals surface area contributed by atoms with Crippen molar-refractivity contribution >= 4 is 17.3 Å². The Hall–Kier alpha value is -2.00. The molecule has 0 saturated heterocycles. The van der Waals surface area contributed by atoms with Crippen molar-refractivity contribution in [3.8, 4) is 5.75 Å². The zero-order valence-corrected chi connectivity index (χ0v) is 12.9. The molecular weight excluding hydrogens is 286 g/mol. The van der Waals surface area contributed by atoms with Crippen LogP contribution in [0, 0.1) is 6.92 Å². The molecule has 0 amide bonds. The molecular formula is C17H18ClNO2. The number of hydrogen-bond acceptors (Lipinski definition) is 3. The normalized spacial score (nSPS) is 11.5. The van der Waals surface area contributed by atoms with Crippen LogP contribution in [0.5, 0.6) is 5.75 Å². The molecule has 0 aliphatic heterocycles. The van der Waals surface area contributed by atoms with E-state index in [9.17, 15) is 0 Å². The summed E-state index contributed by atoms with van der Waals surface area (Å²) in [5.41, 5.74) is 3.63. The molecule has 21 heavy (non-hydrogen) atoms. The van der Waals surface area contributed by atoms with Crippen molar-refractivity contribution in [2.75, 3.05) is 0 Å². The third kappa shape index (κ3) is 3.99. The first-order valence-electron chi connectivity index (χ1n) is 6.83. The average Bonchev–Trinajstić information content (AvgIpc) is 2.49. The standard InChI is InChI=1S/C17H18ClNO2/c1-3-17(19-20)13-6-8-15(9-7-13)21-11-14-5-4-12(2)10-16(14)18/h4-10,20H,3,11H2,1-2H3/b19-17-. The molecule has 0 aliphatic rings. The van der Waals surface area contributed by atoms with Gasteiger partial charge in [-0.25, -0.2) is 0 Å². The molecule has 2 aromatic rings. The highest BCUT2D eigenvalue weighted by Gasteiger charge is 2.04. The van der Waals surface area contributed by atoms with Crippen LogP contribution in [0.25, 0.3) is 0 Å². The van der Waals surface area contributed by atoms with Crippen LogP contribution in [-0.2, 0) is 6.61 Å². The summed E-state index contributed by atoms with van der Waals surface area (Å²) in [7, 11) is 0. The summed E-state index contributed by atoms with van der Waals surface area (Å²) in [6, 6.07) is 13.4. The van der Waals surface area contributed by atoms with E-state index in [-0.39, 0.29) is 0 Å². The molecule has 0 fully saturated rings. The van der Waals surface area contributed by atoms with Crippen LogP contribution in [0.15, 0.2) is 47.6 Å². The third-order valence-corrected chi connectivity index (χ3v) is 3.60. The molecule has 1 N–H and O–H groups in total. The van der Waals surface area contributed by atoms with Gasteiger partial charge in [0, 0.05) is 10.6 Å². The Kier molecular flexibility index (Phi) is 5.23. The lowest BCUT2D eigenvalue weighted by molar-refractivity contribution is 0.306. The van der Waals surface area contributed by atoms with Gasteiger partial charge in [-0.05, 0) is 54.8 Å². The Morgan fingerprint density at radius 2 is 1.90 bits per heavy atom. The van der Waals surface area contributed by atoms with Gasteiger partial charge in [-0.3, -0.25) is 0 Å². The number of rotatable bonds is 5. The highest BCUT2D eigenvalue weighted by atomic mass is 35.5. The van der Waals surface area contributed by atoms with Crippen LogP contribution < -0.4 is 4.74 Å². The van der Waals surface area contributed by atoms with Crippen LogP contribution >= 0.6 is 11.6 Å². The maximum Gasteiger partial charge on any atom is 0.119 e. The molecule has 3 nitrogen and oxygen atoms in total. The summed E-state index contributed by atoms with van der Waals surface area (Å²) in [6.07, 6.45) is 0.676. The van der Waals surface area contributed by atoms with E-state index >= 15 is 0 Å². The van der Waals surface area contributed by atoms with Gasteiger partial charge < -0.3 is 9.94 Å². The fourth-order valence-corrected chi connectivity index (χ4v) is 2.30. The molecule has 0 heterocycles. The average molecular weight is 304 g/mol. The van der Waals surface area contributed by atoms with Crippen molar-refractivity contribution in [3.63, 3.8) is 0 Å². The van der Waals surface area contributed by atoms with Crippen molar-refractivity contribution in [1.29, 1.82) is 0 Å². The van der Waals surface area contributed by atoms with Crippen molar-refractivity contribution in [2.24, 2.45) is 5.16 Å². The number of aryl methyl sites for hydroxylation is 1. The highest BCUT2D eigenvalue weighted by molar-refractivity contribution is 6.31. The lowest BCUT2D eigenvalue weighted by Gasteiger charge is -2.09. The van der Waals surface area contributed by atoms with E-state index in [1.54, 1.807) is 0 Å². The molecule has 110 valence electrons. The first kappa shape index (κ1) is 15.4. The monoisotopic (exact) mass is 303 g/mol. The van der Waals surface area contributed by atoms with Crippen LogP contribution in [0.1, 0.15) is 30.0 Å². The molecule has 2 aromatic carbocycles. The number of nitrogens with zero attached hydrogens (tertiary/aromatic N) is 1. The second kappa shape index (κ2) is 7.14. The fourth-order valence-electron chi connectivity index (χ4n) is 2.01. The minimum atomic E-state index is 0.424. The Balaban J connectivity index is 2.04. The third-order valence-electron chi connectivity index (χ3n) is 3.25. The molecule has 0 radical (unpaired) electrons. The summed E-state index contributed by atoms with van der Waals surface area (Å²) < 4.78 is 5.73. The second-order valence-electron chi connectivity index (χ2n) is 4.81. The molecule has 0 saturated carbocycles. The quantitative estimate of drug-likeness (QED) is 0.489. The van der Waals surface area contributed by atoms with E-state index in [0.29, 0.717) is 23.8 Å². The van der Waals surface area contributed by atoms with Crippen molar-refractivity contribution in [3.05, 3.63) is 64.2 Å². The Bertz CT molecular complexity index is 636. The van der Waals surface area contributed by atoms with Crippen LogP contribution in [0.2, 0.25) is 5.02 Å². The molecule has 0 spiro atoms. The van der Waals surface area contributed by atoms with Gasteiger partial charge in [0.25, 0.3) is 0 Å². The van der Waals surface area contributed by atoms with Gasteiger partial charge in [-0.2, -0.15) is 0 Å². The molecule has 0 aliphatic carbocycles. The van der Waals surface area contributed by atoms with Crippen molar-refractivity contribution < 1.29 is 9.94 Å². The molecule has 2 rings (SSSR count). The first-order valence-corrected chi connectivity index (χ1v) is 7.21. The summed E-state index contributed by atoms with van der Waals surface area (Å²) in [6.45, 7) is 4.37. The Morgan fingerprint density at radius 1 is 1.19 bits per heavy atom. The number of oxime groups is 1. The van der Waals surface area contributed by atoms with E-state index < -0.39 is 0 Å². The maximum atomic E-state index is 8.90. The largest absolute Gasteiger partial charge is 0.489 e. The van der Waals surface area contributed by atoms with E-state index in [1.165, 1.54) is 0 Å². The van der Waals surface area contributed by atoms with Crippen molar-refractivity contribution in [2.45, 2.75) is 26.9 Å². The first-order chi connectivity index (χ1) is 10.1. The second-order valence-corrected chi connectivity index (χ2v) is 5.22. The summed E-state index contributed by atoms with van der Waals surface area (Å²) in [5.74, 6) is 0.754. The van der Waals surface area contributed by atoms with Gasteiger partial charge >= 0.3 is 0 Å². The van der Waals surface area contributed by atoms with Gasteiger partial charge in [0.15, 0.2) is 0 Å². The molecule has 0 aromatic heterocycles. The van der Waals surface area contributed by atoms with Crippen LogP contribution in [0.3, 0.4) is 0 Å². The van der Waals surface area contributed by atoms with Crippen molar-refractivity contribution in [1.82, 2.24) is 0 Å². The summed E-state index contributed by atoms with van der Waals surface area (Å²) in [4.78, 5) is 0. The van der Waals surface area contributed by atoms with Gasteiger partial charge in [0.1, 0.15) is 12.4 Å². The molecule has 0 unspecified atom stereocenters. The lowest BCUT2D eigenvalue weighted by atomic mass is 10.1. The molecule has 0 atom stereocenters. The molecule has 0 bridgehead atoms. The topological polar surface area (TPSA) is 41.8 Å². The predicted molar refractivity (Wildman–Crippen MR) is 85.6 cm³/mol. The van der Waals surface area contributed by atoms with Gasteiger partial charge in [-0.1, -0.05) is 35.8 Å². The smallest absolute Gasteiger partial charge is 0.119 e. The SMILES string of the molecule is CC/C(=N/O)c1ccc(OCc2ccc(C)cc2Cl)cc1. The summed E-state index contributed by atoms with van der Waals surface area (Å²) in [5, 5.41) is 12.9. The number of ether oxygens (including phenoxy) is 1. The zero-order valence-electron chi connectivity index (χ0n) is 12.1. The van der Waals surface area contributed by atoms with E-state index in [0.717, 1.165) is 22.4 Å². The van der Waals surface area contributed by atoms with E-state index in [1.807, 2.05) is 56.3 Å². The number of benzene rings is 2. The minimum Gasteiger partial charge on any atom is -0.489 e. The number of hydrogen-bond donors (Lipinski definition) is 1. The van der Waals surface area contributed by atoms with Gasteiger partial charge in [0.2, 0.25) is 0 Å². The molecule has 4 heteroatoms. The minimum absolute atomic E-state index is 0.424. The summed E-state index contributed by atoms with van der Waals surface area (Å²) >= 11 is 6.18. The van der Waals surface area contributed by atoms with Crippen LogP contribution in [-0.4, -0.2) is 10.9 Å². The van der Waals surface area contributed by atoms with Gasteiger partial charge in [-0.15, -0.1) is 0 Å². The highest BCUT2D eigenvalue weighted by Crippen LogP contribution is 2.20. The Labute approximate surface area is 129 Å². The Morgan fingerprint density at radius 3 is 2.48 bits per heavy atom. The predicted octanol–water partition coefficient (Wildman–Crippen LogP) is 4.82. The van der Waals surface area contributed by atoms with E-state index in [4.69, 9.17) is 21.5 Å². The van der Waals surface area contributed by atoms with Gasteiger partial charge in [0.05, 0.1) is 5.71 Å². The zero-order chi connectivity index (χ0) is 15.2. The maximum absolute atomic E-state index is 8.90. The lowest BCUT2D eigenvalue weighted by Crippen LogP contribution is -2.00. The van der Waals surface area contributed by atoms with Crippen LogP contribution in [0.4, 0.5) is 0 Å².